The summed E-state index contributed by atoms with van der Waals surface area (Å²) in [6, 6.07) is 3.58. The average Bonchev–Trinajstić information content (AvgIpc) is 3.00. The first kappa shape index (κ1) is 15.7. The average molecular weight is 348 g/mol. The highest BCUT2D eigenvalue weighted by atomic mass is 19.4. The standard InChI is InChI=1S/C16H15F3N6/c17-16(18,19)11-8-22-15(23-9-2-1-3-9)25-14(11)24-12-5-7-21-13-10(12)4-6-20-13/h4-9H,1-3H2,(H3,20,21,22,23,24,25). The van der Waals surface area contributed by atoms with E-state index in [9.17, 15) is 13.2 Å². The van der Waals surface area contributed by atoms with Gasteiger partial charge >= 0.3 is 6.18 Å². The summed E-state index contributed by atoms with van der Waals surface area (Å²) in [5.41, 5.74) is 0.164. The molecule has 1 fully saturated rings. The fourth-order valence-corrected chi connectivity index (χ4v) is 2.69. The third kappa shape index (κ3) is 3.09. The van der Waals surface area contributed by atoms with Gasteiger partial charge in [0, 0.05) is 30.0 Å². The highest BCUT2D eigenvalue weighted by molar-refractivity contribution is 5.91. The molecule has 0 unspecified atom stereocenters. The Labute approximate surface area is 140 Å². The van der Waals surface area contributed by atoms with Crippen molar-refractivity contribution < 1.29 is 13.2 Å². The summed E-state index contributed by atoms with van der Waals surface area (Å²) in [5.74, 6) is -0.0856. The molecular formula is C16H15F3N6. The molecule has 9 heteroatoms. The van der Waals surface area contributed by atoms with Crippen molar-refractivity contribution in [2.24, 2.45) is 0 Å². The van der Waals surface area contributed by atoms with Gasteiger partial charge in [0.05, 0.1) is 5.69 Å². The van der Waals surface area contributed by atoms with E-state index in [-0.39, 0.29) is 17.8 Å². The quantitative estimate of drug-likeness (QED) is 0.662. The second-order valence-electron chi connectivity index (χ2n) is 5.95. The number of nitrogens with zero attached hydrogens (tertiary/aromatic N) is 3. The van der Waals surface area contributed by atoms with Gasteiger partial charge in [-0.05, 0) is 31.4 Å². The molecule has 1 saturated carbocycles. The van der Waals surface area contributed by atoms with E-state index in [1.165, 1.54) is 6.20 Å². The molecule has 3 N–H and O–H groups in total. The molecular weight excluding hydrogens is 333 g/mol. The highest BCUT2D eigenvalue weighted by Crippen LogP contribution is 2.36. The Morgan fingerprint density at radius 2 is 2.00 bits per heavy atom. The molecule has 3 aromatic heterocycles. The van der Waals surface area contributed by atoms with E-state index in [2.05, 4.69) is 30.6 Å². The molecule has 0 aliphatic heterocycles. The van der Waals surface area contributed by atoms with Crippen LogP contribution in [0.4, 0.5) is 30.6 Å². The lowest BCUT2D eigenvalue weighted by atomic mass is 9.93. The van der Waals surface area contributed by atoms with Crippen molar-refractivity contribution in [2.75, 3.05) is 10.6 Å². The molecule has 1 aliphatic rings. The minimum Gasteiger partial charge on any atom is -0.351 e. The molecule has 0 bridgehead atoms. The van der Waals surface area contributed by atoms with Crippen molar-refractivity contribution in [1.82, 2.24) is 19.9 Å². The Morgan fingerprint density at radius 3 is 2.72 bits per heavy atom. The van der Waals surface area contributed by atoms with Crippen molar-refractivity contribution >= 4 is 28.5 Å². The molecule has 0 saturated heterocycles. The molecule has 3 heterocycles. The number of fused-ring (bicyclic) bond motifs is 1. The van der Waals surface area contributed by atoms with Gasteiger partial charge in [0.15, 0.2) is 0 Å². The Hall–Kier alpha value is -2.84. The molecule has 130 valence electrons. The van der Waals surface area contributed by atoms with Gasteiger partial charge in [-0.15, -0.1) is 0 Å². The summed E-state index contributed by atoms with van der Waals surface area (Å²) in [6.45, 7) is 0. The maximum Gasteiger partial charge on any atom is 0.421 e. The number of anilines is 3. The van der Waals surface area contributed by atoms with Crippen LogP contribution in [0, 0.1) is 0 Å². The van der Waals surface area contributed by atoms with Gasteiger partial charge in [-0.25, -0.2) is 9.97 Å². The lowest BCUT2D eigenvalue weighted by molar-refractivity contribution is -0.137. The number of aromatic nitrogens is 4. The van der Waals surface area contributed by atoms with Gasteiger partial charge in [0.1, 0.15) is 17.0 Å². The van der Waals surface area contributed by atoms with Crippen LogP contribution in [0.5, 0.6) is 0 Å². The maximum absolute atomic E-state index is 13.3. The van der Waals surface area contributed by atoms with Crippen LogP contribution in [0.25, 0.3) is 11.0 Å². The SMILES string of the molecule is FC(F)(F)c1cnc(NC2CCC2)nc1Nc1ccnc2[nH]ccc12. The van der Waals surface area contributed by atoms with Gasteiger partial charge in [0.2, 0.25) is 5.95 Å². The van der Waals surface area contributed by atoms with E-state index in [4.69, 9.17) is 0 Å². The zero-order valence-corrected chi connectivity index (χ0v) is 13.1. The lowest BCUT2D eigenvalue weighted by Gasteiger charge is -2.26. The Bertz CT molecular complexity index is 900. The van der Waals surface area contributed by atoms with Crippen molar-refractivity contribution in [3.63, 3.8) is 0 Å². The second-order valence-corrected chi connectivity index (χ2v) is 5.95. The molecule has 4 rings (SSSR count). The van der Waals surface area contributed by atoms with Gasteiger partial charge in [-0.2, -0.15) is 18.2 Å². The number of hydrogen-bond acceptors (Lipinski definition) is 5. The zero-order valence-electron chi connectivity index (χ0n) is 13.1. The molecule has 0 radical (unpaired) electrons. The van der Waals surface area contributed by atoms with E-state index in [0.717, 1.165) is 25.5 Å². The molecule has 0 amide bonds. The summed E-state index contributed by atoms with van der Waals surface area (Å²) in [7, 11) is 0. The number of pyridine rings is 1. The van der Waals surface area contributed by atoms with Crippen molar-refractivity contribution in [3.05, 3.63) is 36.3 Å². The number of hydrogen-bond donors (Lipinski definition) is 3. The van der Waals surface area contributed by atoms with Gasteiger partial charge < -0.3 is 15.6 Å². The summed E-state index contributed by atoms with van der Waals surface area (Å²) in [6.07, 6.45) is 2.50. The first-order valence-electron chi connectivity index (χ1n) is 7.90. The normalized spacial score (nSPS) is 15.2. The van der Waals surface area contributed by atoms with Crippen LogP contribution in [0.1, 0.15) is 24.8 Å². The van der Waals surface area contributed by atoms with Gasteiger partial charge in [0.25, 0.3) is 0 Å². The van der Waals surface area contributed by atoms with E-state index >= 15 is 0 Å². The van der Waals surface area contributed by atoms with Crippen LogP contribution in [-0.2, 0) is 6.18 Å². The van der Waals surface area contributed by atoms with E-state index < -0.39 is 11.7 Å². The third-order valence-electron chi connectivity index (χ3n) is 4.25. The minimum atomic E-state index is -4.55. The number of alkyl halides is 3. The van der Waals surface area contributed by atoms with E-state index in [0.29, 0.717) is 16.7 Å². The fraction of sp³-hybridized carbons (Fsp3) is 0.312. The van der Waals surface area contributed by atoms with Gasteiger partial charge in [-0.1, -0.05) is 0 Å². The number of aromatic amines is 1. The van der Waals surface area contributed by atoms with Crippen LogP contribution in [0.3, 0.4) is 0 Å². The first-order valence-corrected chi connectivity index (χ1v) is 7.90. The molecule has 25 heavy (non-hydrogen) atoms. The first-order chi connectivity index (χ1) is 12.0. The lowest BCUT2D eigenvalue weighted by Crippen LogP contribution is -2.28. The van der Waals surface area contributed by atoms with Crippen LogP contribution >= 0.6 is 0 Å². The molecule has 6 nitrogen and oxygen atoms in total. The topological polar surface area (TPSA) is 78.5 Å². The molecule has 0 spiro atoms. The fourth-order valence-electron chi connectivity index (χ4n) is 2.69. The summed E-state index contributed by atoms with van der Waals surface area (Å²) >= 11 is 0. The van der Waals surface area contributed by atoms with E-state index in [1.807, 2.05) is 0 Å². The highest BCUT2D eigenvalue weighted by Gasteiger charge is 2.35. The Kier molecular flexibility index (Phi) is 3.70. The van der Waals surface area contributed by atoms with Crippen molar-refractivity contribution in [1.29, 1.82) is 0 Å². The largest absolute Gasteiger partial charge is 0.421 e. The number of nitrogens with one attached hydrogen (secondary N) is 3. The number of H-pyrrole nitrogens is 1. The summed E-state index contributed by atoms with van der Waals surface area (Å²) < 4.78 is 40.0. The molecule has 0 atom stereocenters. The number of rotatable bonds is 4. The van der Waals surface area contributed by atoms with Crippen molar-refractivity contribution in [2.45, 2.75) is 31.5 Å². The minimum absolute atomic E-state index is 0.194. The van der Waals surface area contributed by atoms with Crippen LogP contribution in [-0.4, -0.2) is 26.0 Å². The smallest absolute Gasteiger partial charge is 0.351 e. The maximum atomic E-state index is 13.3. The summed E-state index contributed by atoms with van der Waals surface area (Å²) in [4.78, 5) is 14.9. The predicted octanol–water partition coefficient (Wildman–Crippen LogP) is 4.08. The van der Waals surface area contributed by atoms with Gasteiger partial charge in [-0.3, -0.25) is 0 Å². The second kappa shape index (κ2) is 5.91. The third-order valence-corrected chi connectivity index (χ3v) is 4.25. The van der Waals surface area contributed by atoms with Crippen LogP contribution < -0.4 is 10.6 Å². The molecule has 3 aromatic rings. The Morgan fingerprint density at radius 1 is 1.16 bits per heavy atom. The molecule has 0 aromatic carbocycles. The molecule has 1 aliphatic carbocycles. The zero-order chi connectivity index (χ0) is 17.4. The number of halogens is 3. The van der Waals surface area contributed by atoms with E-state index in [1.54, 1.807) is 18.3 Å². The Balaban J connectivity index is 1.72. The predicted molar refractivity (Wildman–Crippen MR) is 87.7 cm³/mol. The monoisotopic (exact) mass is 348 g/mol. The van der Waals surface area contributed by atoms with Crippen LogP contribution in [0.2, 0.25) is 0 Å². The van der Waals surface area contributed by atoms with Crippen LogP contribution in [0.15, 0.2) is 30.7 Å². The van der Waals surface area contributed by atoms with Crippen molar-refractivity contribution in [3.8, 4) is 0 Å². The summed E-state index contributed by atoms with van der Waals surface area (Å²) in [5, 5.41) is 6.54.